The maximum atomic E-state index is 12.4. The van der Waals surface area contributed by atoms with Gasteiger partial charge in [0.25, 0.3) is 5.91 Å². The van der Waals surface area contributed by atoms with E-state index >= 15 is 0 Å². The van der Waals surface area contributed by atoms with Crippen LogP contribution in [0.2, 0.25) is 0 Å². The predicted molar refractivity (Wildman–Crippen MR) is 86.6 cm³/mol. The van der Waals surface area contributed by atoms with E-state index in [2.05, 4.69) is 10.4 Å². The number of nitrogens with zero attached hydrogens (tertiary/aromatic N) is 3. The minimum Gasteiger partial charge on any atom is -0.347 e. The lowest BCUT2D eigenvalue weighted by Crippen LogP contribution is -2.46. The molecule has 0 unspecified atom stereocenters. The van der Waals surface area contributed by atoms with Gasteiger partial charge in [0.05, 0.1) is 17.3 Å². The number of hydrogen-bond acceptors (Lipinski definition) is 3. The van der Waals surface area contributed by atoms with Crippen LogP contribution in [0.1, 0.15) is 51.4 Å². The molecule has 0 fully saturated rings. The Morgan fingerprint density at radius 3 is 2.32 bits per heavy atom. The number of likely N-dealkylation sites (N-methyl/N-ethyl adjacent to an activating group) is 1. The van der Waals surface area contributed by atoms with Crippen LogP contribution in [0.5, 0.6) is 0 Å². The fourth-order valence-corrected chi connectivity index (χ4v) is 2.05. The molecule has 6 nitrogen and oxygen atoms in total. The second-order valence-electron chi connectivity index (χ2n) is 7.23. The first-order valence-electron chi connectivity index (χ1n) is 7.59. The number of hydrogen-bond donors (Lipinski definition) is 1. The molecule has 0 bridgehead atoms. The Balaban J connectivity index is 2.87. The van der Waals surface area contributed by atoms with Gasteiger partial charge >= 0.3 is 0 Å². The molecule has 1 heterocycles. The Hall–Kier alpha value is -1.85. The molecule has 1 aromatic heterocycles. The van der Waals surface area contributed by atoms with E-state index in [1.807, 2.05) is 34.6 Å². The first kappa shape index (κ1) is 18.2. The topological polar surface area (TPSA) is 67.2 Å². The Morgan fingerprint density at radius 2 is 1.91 bits per heavy atom. The molecular weight excluding hydrogens is 280 g/mol. The minimum absolute atomic E-state index is 0.0923. The molecule has 1 atom stereocenters. The van der Waals surface area contributed by atoms with E-state index in [-0.39, 0.29) is 17.4 Å². The summed E-state index contributed by atoms with van der Waals surface area (Å²) in [5.41, 5.74) is 0.283. The number of carbonyl (C=O) groups excluding carboxylic acids is 2. The monoisotopic (exact) mass is 308 g/mol. The van der Waals surface area contributed by atoms with Gasteiger partial charge in [-0.05, 0) is 33.1 Å². The van der Waals surface area contributed by atoms with Gasteiger partial charge in [-0.1, -0.05) is 13.8 Å². The van der Waals surface area contributed by atoms with Gasteiger partial charge in [-0.2, -0.15) is 5.10 Å². The summed E-state index contributed by atoms with van der Waals surface area (Å²) in [7, 11) is 3.39. The second-order valence-corrected chi connectivity index (χ2v) is 7.23. The van der Waals surface area contributed by atoms with Gasteiger partial charge in [0.15, 0.2) is 0 Å². The van der Waals surface area contributed by atoms with Crippen molar-refractivity contribution in [2.75, 3.05) is 14.1 Å². The summed E-state index contributed by atoms with van der Waals surface area (Å²) in [6, 6.07) is -0.513. The maximum absolute atomic E-state index is 12.4. The fraction of sp³-hybridized carbons (Fsp3) is 0.688. The van der Waals surface area contributed by atoms with Gasteiger partial charge in [0.2, 0.25) is 5.91 Å². The lowest BCUT2D eigenvalue weighted by molar-refractivity contribution is -0.131. The Bertz CT molecular complexity index is 526. The zero-order valence-corrected chi connectivity index (χ0v) is 14.7. The van der Waals surface area contributed by atoms with Gasteiger partial charge in [0, 0.05) is 20.3 Å². The summed E-state index contributed by atoms with van der Waals surface area (Å²) in [6.07, 6.45) is 3.85. The van der Waals surface area contributed by atoms with Crippen molar-refractivity contribution in [2.45, 2.75) is 52.6 Å². The lowest BCUT2D eigenvalue weighted by Gasteiger charge is -2.23. The molecule has 0 spiro atoms. The predicted octanol–water partition coefficient (Wildman–Crippen LogP) is 1.87. The van der Waals surface area contributed by atoms with Gasteiger partial charge < -0.3 is 10.2 Å². The molecule has 2 amide bonds. The molecule has 1 aromatic rings. The first-order chi connectivity index (χ1) is 10.0. The van der Waals surface area contributed by atoms with E-state index in [1.54, 1.807) is 25.0 Å². The molecule has 0 aliphatic heterocycles. The van der Waals surface area contributed by atoms with E-state index in [1.165, 1.54) is 11.1 Å². The summed E-state index contributed by atoms with van der Waals surface area (Å²) in [6.45, 7) is 10.1. The highest BCUT2D eigenvalue weighted by Gasteiger charge is 2.25. The van der Waals surface area contributed by atoms with Gasteiger partial charge in [-0.15, -0.1) is 0 Å². The highest BCUT2D eigenvalue weighted by molar-refractivity contribution is 5.97. The molecule has 124 valence electrons. The number of aromatic nitrogens is 2. The van der Waals surface area contributed by atoms with Crippen LogP contribution in [0, 0.1) is 5.92 Å². The largest absolute Gasteiger partial charge is 0.347 e. The fourth-order valence-electron chi connectivity index (χ4n) is 2.05. The van der Waals surface area contributed by atoms with Gasteiger partial charge in [0.1, 0.15) is 6.04 Å². The van der Waals surface area contributed by atoms with E-state index in [0.717, 1.165) is 0 Å². The molecule has 22 heavy (non-hydrogen) atoms. The highest BCUT2D eigenvalue weighted by atomic mass is 16.2. The molecule has 0 aliphatic rings. The molecular formula is C16H28N4O2. The minimum atomic E-state index is -0.513. The third-order valence-corrected chi connectivity index (χ3v) is 3.28. The number of rotatable bonds is 5. The van der Waals surface area contributed by atoms with Crippen LogP contribution in [0.15, 0.2) is 12.4 Å². The Morgan fingerprint density at radius 1 is 1.32 bits per heavy atom. The zero-order chi connectivity index (χ0) is 17.1. The second kappa shape index (κ2) is 6.94. The van der Waals surface area contributed by atoms with Crippen LogP contribution in [-0.2, 0) is 10.3 Å². The SMILES string of the molecule is CC(C)C[C@@H](NC(=O)c1cnn(C(C)(C)C)c1)C(=O)N(C)C. The Labute approximate surface area is 132 Å². The van der Waals surface area contributed by atoms with Gasteiger partial charge in [-0.3, -0.25) is 14.3 Å². The maximum Gasteiger partial charge on any atom is 0.255 e. The molecule has 0 saturated carbocycles. The van der Waals surface area contributed by atoms with Crippen molar-refractivity contribution < 1.29 is 9.59 Å². The van der Waals surface area contributed by atoms with Crippen LogP contribution in [-0.4, -0.2) is 46.6 Å². The van der Waals surface area contributed by atoms with Gasteiger partial charge in [-0.25, -0.2) is 0 Å². The van der Waals surface area contributed by atoms with Crippen molar-refractivity contribution in [1.82, 2.24) is 20.0 Å². The van der Waals surface area contributed by atoms with E-state index in [9.17, 15) is 9.59 Å². The van der Waals surface area contributed by atoms with Crippen molar-refractivity contribution in [3.8, 4) is 0 Å². The molecule has 6 heteroatoms. The Kier molecular flexibility index (Phi) is 5.74. The zero-order valence-electron chi connectivity index (χ0n) is 14.7. The average Bonchev–Trinajstić information content (AvgIpc) is 2.85. The molecule has 0 saturated heterocycles. The average molecular weight is 308 g/mol. The summed E-state index contributed by atoms with van der Waals surface area (Å²) in [5, 5.41) is 7.04. The molecule has 1 rings (SSSR count). The summed E-state index contributed by atoms with van der Waals surface area (Å²) < 4.78 is 1.74. The standard InChI is InChI=1S/C16H28N4O2/c1-11(2)8-13(15(22)19(6)7)18-14(21)12-9-17-20(10-12)16(3,4)5/h9-11,13H,8H2,1-7H3,(H,18,21)/t13-/m1/s1. The summed E-state index contributed by atoms with van der Waals surface area (Å²) >= 11 is 0. The summed E-state index contributed by atoms with van der Waals surface area (Å²) in [5.74, 6) is -0.0480. The number of nitrogens with one attached hydrogen (secondary N) is 1. The molecule has 0 radical (unpaired) electrons. The quantitative estimate of drug-likeness (QED) is 0.903. The van der Waals surface area contributed by atoms with Crippen molar-refractivity contribution in [2.24, 2.45) is 5.92 Å². The van der Waals surface area contributed by atoms with E-state index in [4.69, 9.17) is 0 Å². The van der Waals surface area contributed by atoms with E-state index < -0.39 is 6.04 Å². The van der Waals surface area contributed by atoms with Crippen LogP contribution in [0.3, 0.4) is 0 Å². The van der Waals surface area contributed by atoms with Crippen LogP contribution in [0.4, 0.5) is 0 Å². The van der Waals surface area contributed by atoms with Crippen molar-refractivity contribution >= 4 is 11.8 Å². The number of carbonyl (C=O) groups is 2. The normalized spacial score (nSPS) is 13.1. The van der Waals surface area contributed by atoms with Crippen LogP contribution >= 0.6 is 0 Å². The van der Waals surface area contributed by atoms with Crippen LogP contribution in [0.25, 0.3) is 0 Å². The van der Waals surface area contributed by atoms with Crippen molar-refractivity contribution in [1.29, 1.82) is 0 Å². The smallest absolute Gasteiger partial charge is 0.255 e. The van der Waals surface area contributed by atoms with Crippen molar-refractivity contribution in [3.63, 3.8) is 0 Å². The summed E-state index contributed by atoms with van der Waals surface area (Å²) in [4.78, 5) is 26.1. The third kappa shape index (κ3) is 4.86. The highest BCUT2D eigenvalue weighted by Crippen LogP contribution is 2.14. The van der Waals surface area contributed by atoms with Crippen molar-refractivity contribution in [3.05, 3.63) is 18.0 Å². The molecule has 0 aliphatic carbocycles. The third-order valence-electron chi connectivity index (χ3n) is 3.28. The lowest BCUT2D eigenvalue weighted by atomic mass is 10.0. The molecule has 1 N–H and O–H groups in total. The van der Waals surface area contributed by atoms with E-state index in [0.29, 0.717) is 17.9 Å². The first-order valence-corrected chi connectivity index (χ1v) is 7.59. The number of amides is 2. The van der Waals surface area contributed by atoms with Crippen LogP contribution < -0.4 is 5.32 Å². The molecule has 0 aromatic carbocycles.